The second-order valence-corrected chi connectivity index (χ2v) is 14.9. The molecule has 0 fully saturated rings. The van der Waals surface area contributed by atoms with E-state index in [1.165, 1.54) is 25.8 Å². The van der Waals surface area contributed by atoms with E-state index < -0.39 is 5.97 Å². The van der Waals surface area contributed by atoms with Crippen molar-refractivity contribution in [3.05, 3.63) is 27.7 Å². The van der Waals surface area contributed by atoms with Crippen molar-refractivity contribution < 1.29 is 19.1 Å². The fraction of sp³-hybridized carbons (Fsp3) is 0.650. The third-order valence-corrected chi connectivity index (χ3v) is 10.7. The van der Waals surface area contributed by atoms with Crippen LogP contribution in [0.15, 0.2) is 27.9 Å². The van der Waals surface area contributed by atoms with Gasteiger partial charge in [0.2, 0.25) is 11.0 Å². The maximum absolute atomic E-state index is 12.7. The normalized spacial score (nSPS) is 13.4. The van der Waals surface area contributed by atoms with Crippen molar-refractivity contribution >= 4 is 63.1 Å². The van der Waals surface area contributed by atoms with Crippen LogP contribution in [-0.4, -0.2) is 43.7 Å². The fourth-order valence-electron chi connectivity index (χ4n) is 6.04. The summed E-state index contributed by atoms with van der Waals surface area (Å²) in [6, 6.07) is 5.66. The number of unbranched alkanes of at least 4 members (excludes halogenated alkanes) is 3. The van der Waals surface area contributed by atoms with Gasteiger partial charge in [0.1, 0.15) is 28.2 Å². The number of esters is 1. The number of nitrogens with zero attached hydrogens (tertiary/aromatic N) is 5. The van der Waals surface area contributed by atoms with Crippen LogP contribution in [-0.2, 0) is 14.3 Å². The van der Waals surface area contributed by atoms with Gasteiger partial charge in [-0.05, 0) is 49.2 Å². The number of hydrogen-bond donors (Lipinski definition) is 1. The van der Waals surface area contributed by atoms with E-state index in [9.17, 15) is 14.9 Å². The highest BCUT2D eigenvalue weighted by Crippen LogP contribution is 2.41. The zero-order valence-corrected chi connectivity index (χ0v) is 34.3. The molecule has 0 aliphatic rings. The van der Waals surface area contributed by atoms with Crippen LogP contribution in [0.1, 0.15) is 130 Å². The summed E-state index contributed by atoms with van der Waals surface area (Å²) in [4.78, 5) is 32.3. The van der Waals surface area contributed by atoms with Crippen LogP contribution in [0.25, 0.3) is 6.08 Å². The van der Waals surface area contributed by atoms with Crippen molar-refractivity contribution in [2.24, 2.45) is 28.0 Å². The molecule has 1 aromatic carbocycles. The van der Waals surface area contributed by atoms with Crippen LogP contribution in [0.5, 0.6) is 5.75 Å². The van der Waals surface area contributed by atoms with Gasteiger partial charge < -0.3 is 19.7 Å². The first-order chi connectivity index (χ1) is 25.1. The number of benzene rings is 1. The number of methoxy groups -OCH3 is 1. The molecule has 0 spiro atoms. The first kappa shape index (κ1) is 44.7. The van der Waals surface area contributed by atoms with Gasteiger partial charge in [-0.2, -0.15) is 5.26 Å². The molecule has 288 valence electrons. The summed E-state index contributed by atoms with van der Waals surface area (Å²) in [5, 5.41) is 21.8. The van der Waals surface area contributed by atoms with Crippen molar-refractivity contribution in [3.8, 4) is 11.8 Å². The Labute approximate surface area is 321 Å². The third kappa shape index (κ3) is 14.9. The Morgan fingerprint density at radius 1 is 0.962 bits per heavy atom. The summed E-state index contributed by atoms with van der Waals surface area (Å²) in [6.45, 7) is 16.7. The smallest absolute Gasteiger partial charge is 0.348 e. The van der Waals surface area contributed by atoms with Gasteiger partial charge in [-0.25, -0.2) is 9.78 Å². The first-order valence-corrected chi connectivity index (χ1v) is 20.4. The minimum Gasteiger partial charge on any atom is -0.494 e. The Kier molecular flexibility index (Phi) is 21.2. The lowest BCUT2D eigenvalue weighted by molar-refractivity contribution is -0.139. The van der Waals surface area contributed by atoms with Gasteiger partial charge >= 0.3 is 5.97 Å². The molecule has 0 bridgehead atoms. The number of aromatic nitrogens is 1. The van der Waals surface area contributed by atoms with E-state index >= 15 is 0 Å². The van der Waals surface area contributed by atoms with Gasteiger partial charge in [0.05, 0.1) is 30.0 Å². The molecule has 10 nitrogen and oxygen atoms in total. The number of nitriles is 1. The molecule has 12 heteroatoms. The summed E-state index contributed by atoms with van der Waals surface area (Å²) in [5.74, 6) is 1.00. The van der Waals surface area contributed by atoms with Crippen LogP contribution in [0.4, 0.5) is 22.2 Å². The molecule has 3 unspecified atom stereocenters. The lowest BCUT2D eigenvalue weighted by Crippen LogP contribution is -2.34. The number of carbonyl (C=O) groups is 2. The average molecular weight is 757 g/mol. The number of halogens is 1. The van der Waals surface area contributed by atoms with Crippen LogP contribution in [0, 0.1) is 29.1 Å². The first-order valence-electron chi connectivity index (χ1n) is 19.2. The van der Waals surface area contributed by atoms with E-state index in [0.717, 1.165) is 94.3 Å². The van der Waals surface area contributed by atoms with Crippen LogP contribution in [0.2, 0.25) is 5.15 Å². The summed E-state index contributed by atoms with van der Waals surface area (Å²) in [5.41, 5.74) is 1.63. The fourth-order valence-corrected chi connectivity index (χ4v) is 7.06. The summed E-state index contributed by atoms with van der Waals surface area (Å²) in [6.07, 6.45) is 14.5. The zero-order chi connectivity index (χ0) is 38.5. The highest BCUT2D eigenvalue weighted by atomic mass is 35.5. The second-order valence-electron chi connectivity index (χ2n) is 13.5. The topological polar surface area (TPSA) is 129 Å². The molecule has 0 aliphatic heterocycles. The molecule has 0 aliphatic carbocycles. The lowest BCUT2D eigenvalue weighted by Gasteiger charge is -2.34. The van der Waals surface area contributed by atoms with E-state index in [4.69, 9.17) is 21.1 Å². The number of thiazole rings is 1. The van der Waals surface area contributed by atoms with Crippen molar-refractivity contribution in [1.29, 1.82) is 5.26 Å². The summed E-state index contributed by atoms with van der Waals surface area (Å²) >= 11 is 7.51. The van der Waals surface area contributed by atoms with Crippen molar-refractivity contribution in [3.63, 3.8) is 0 Å². The number of carbonyl (C=O) groups excluding carboxylic acids is 2. The predicted molar refractivity (Wildman–Crippen MR) is 215 cm³/mol. The zero-order valence-electron chi connectivity index (χ0n) is 32.7. The van der Waals surface area contributed by atoms with Gasteiger partial charge in [0.25, 0.3) is 0 Å². The van der Waals surface area contributed by atoms with E-state index in [-0.39, 0.29) is 34.3 Å². The summed E-state index contributed by atoms with van der Waals surface area (Å²) < 4.78 is 11.4. The van der Waals surface area contributed by atoms with Crippen molar-refractivity contribution in [2.45, 2.75) is 126 Å². The van der Waals surface area contributed by atoms with Crippen LogP contribution < -0.4 is 15.0 Å². The Morgan fingerprint density at radius 2 is 1.54 bits per heavy atom. The van der Waals surface area contributed by atoms with E-state index in [2.05, 4.69) is 67.0 Å². The largest absolute Gasteiger partial charge is 0.494 e. The maximum atomic E-state index is 12.7. The molecule has 1 aromatic heterocycles. The average Bonchev–Trinajstić information content (AvgIpc) is 3.50. The monoisotopic (exact) mass is 756 g/mol. The van der Waals surface area contributed by atoms with Crippen LogP contribution >= 0.6 is 22.9 Å². The highest BCUT2D eigenvalue weighted by molar-refractivity contribution is 7.16. The third-order valence-electron chi connectivity index (χ3n) is 9.44. The van der Waals surface area contributed by atoms with Gasteiger partial charge in [0.15, 0.2) is 0 Å². The molecule has 0 saturated carbocycles. The Bertz CT molecular complexity index is 1490. The molecule has 1 amide bonds. The van der Waals surface area contributed by atoms with Crippen molar-refractivity contribution in [2.75, 3.05) is 37.0 Å². The molecule has 1 heterocycles. The molecule has 52 heavy (non-hydrogen) atoms. The number of nitrogens with one attached hydrogen (secondary N) is 1. The number of amides is 1. The summed E-state index contributed by atoms with van der Waals surface area (Å²) in [7, 11) is 1.64. The SMILES string of the molecule is CCCCC(CC)COC(=O)C(C#N)=Cc1sc(N=Nc2cc(OC)c(N(CC(CC)CCCC)CC(CC)CCCC)cc2NC(C)=O)nc1Cl. The van der Waals surface area contributed by atoms with Crippen molar-refractivity contribution in [1.82, 2.24) is 4.98 Å². The standard InChI is InChI=1S/C40H61ClN6O4S/c1-9-15-18-29(12-4)25-47(26-30(13-5)19-16-10-2)35-22-33(43-28(7)48)34(23-36(35)50-8)45-46-40-44-38(41)37(52-40)21-32(24-42)39(49)51-27-31(14-6)20-17-11-3/h21-23,29-31H,9-20,25-27H2,1-8H3,(H,43,48). The Morgan fingerprint density at radius 3 is 2.04 bits per heavy atom. The quantitative estimate of drug-likeness (QED) is 0.0462. The molecule has 2 rings (SSSR count). The van der Waals surface area contributed by atoms with Gasteiger partial charge in [0, 0.05) is 26.1 Å². The van der Waals surface area contributed by atoms with Gasteiger partial charge in [-0.3, -0.25) is 4.79 Å². The lowest BCUT2D eigenvalue weighted by atomic mass is 9.95. The second kappa shape index (κ2) is 24.7. The molecule has 1 N–H and O–H groups in total. The number of rotatable bonds is 25. The predicted octanol–water partition coefficient (Wildman–Crippen LogP) is 12.1. The maximum Gasteiger partial charge on any atom is 0.348 e. The Balaban J connectivity index is 2.48. The molecule has 0 saturated heterocycles. The Hall–Kier alpha value is -3.49. The molecular formula is C40H61ClN6O4S. The van der Waals surface area contributed by atoms with E-state index in [1.807, 2.05) is 12.1 Å². The number of azo groups is 1. The highest BCUT2D eigenvalue weighted by Gasteiger charge is 2.23. The molecule has 3 atom stereocenters. The van der Waals surface area contributed by atoms with Crippen LogP contribution in [0.3, 0.4) is 0 Å². The van der Waals surface area contributed by atoms with Gasteiger partial charge in [-0.15, -0.1) is 10.2 Å². The number of hydrogen-bond acceptors (Lipinski definition) is 10. The molecule has 2 aromatic rings. The minimum atomic E-state index is -0.697. The molecule has 0 radical (unpaired) electrons. The number of ether oxygens (including phenoxy) is 2. The minimum absolute atomic E-state index is 0.0848. The number of anilines is 2. The van der Waals surface area contributed by atoms with Gasteiger partial charge in [-0.1, -0.05) is 122 Å². The van der Waals surface area contributed by atoms with E-state index in [0.29, 0.717) is 33.8 Å². The van der Waals surface area contributed by atoms with E-state index in [1.54, 1.807) is 13.2 Å². The molecular weight excluding hydrogens is 696 g/mol.